The normalized spacial score (nSPS) is 11.2. The van der Waals surface area contributed by atoms with Gasteiger partial charge in [0.05, 0.1) is 21.4 Å². The lowest BCUT2D eigenvalue weighted by molar-refractivity contribution is 0.103. The summed E-state index contributed by atoms with van der Waals surface area (Å²) in [6, 6.07) is 20.6. The van der Waals surface area contributed by atoms with E-state index in [9.17, 15) is 4.79 Å². The van der Waals surface area contributed by atoms with Crippen molar-refractivity contribution in [2.45, 2.75) is 0 Å². The maximum absolute atomic E-state index is 12.8. The number of para-hydroxylation sites is 1. The fourth-order valence-corrected chi connectivity index (χ4v) is 4.67. The van der Waals surface area contributed by atoms with Crippen LogP contribution in [0.3, 0.4) is 0 Å². The largest absolute Gasteiger partial charge is 0.320 e. The number of carbonyl (C=O) groups excluding carboxylic acids is 1. The van der Waals surface area contributed by atoms with Crippen molar-refractivity contribution in [1.29, 1.82) is 0 Å². The Bertz CT molecular complexity index is 1380. The van der Waals surface area contributed by atoms with E-state index in [4.69, 9.17) is 23.2 Å². The molecule has 0 aliphatic heterocycles. The van der Waals surface area contributed by atoms with Crippen molar-refractivity contribution in [3.63, 3.8) is 0 Å². The number of hydrogen-bond donors (Lipinski definition) is 1. The summed E-state index contributed by atoms with van der Waals surface area (Å²) in [5.74, 6) is -0.312. The summed E-state index contributed by atoms with van der Waals surface area (Å²) < 4.78 is 0.954. The van der Waals surface area contributed by atoms with Gasteiger partial charge in [0, 0.05) is 10.1 Å². The molecule has 8 heteroatoms. The number of benzene rings is 3. The first-order chi connectivity index (χ1) is 14.1. The molecule has 0 saturated heterocycles. The predicted octanol–water partition coefficient (Wildman–Crippen LogP) is 6.19. The van der Waals surface area contributed by atoms with Crippen LogP contribution in [0.25, 0.3) is 26.8 Å². The number of fused-ring (bicyclic) bond motifs is 2. The molecule has 0 atom stereocenters. The van der Waals surface area contributed by atoms with Crippen LogP contribution in [0.15, 0.2) is 66.7 Å². The van der Waals surface area contributed by atoms with Crippen molar-refractivity contribution in [3.05, 3.63) is 81.7 Å². The highest BCUT2D eigenvalue weighted by molar-refractivity contribution is 7.21. The minimum Gasteiger partial charge on any atom is -0.320 e. The molecule has 142 valence electrons. The summed E-state index contributed by atoms with van der Waals surface area (Å²) in [6.07, 6.45) is 0. The lowest BCUT2D eigenvalue weighted by atomic mass is 10.2. The summed E-state index contributed by atoms with van der Waals surface area (Å²) in [4.78, 5) is 14.8. The van der Waals surface area contributed by atoms with Crippen LogP contribution in [0.1, 0.15) is 9.67 Å². The van der Waals surface area contributed by atoms with Crippen LogP contribution < -0.4 is 5.32 Å². The van der Waals surface area contributed by atoms with Crippen molar-refractivity contribution in [1.82, 2.24) is 15.0 Å². The van der Waals surface area contributed by atoms with E-state index in [1.165, 1.54) is 16.1 Å². The summed E-state index contributed by atoms with van der Waals surface area (Å²) >= 11 is 14.1. The second-order valence-corrected chi connectivity index (χ2v) is 8.18. The molecular weight excluding hydrogens is 427 g/mol. The number of nitrogens with one attached hydrogen (secondary N) is 1. The number of hydrogen-bond acceptors (Lipinski definition) is 4. The molecule has 1 N–H and O–H groups in total. The molecule has 0 aliphatic carbocycles. The minimum atomic E-state index is -0.312. The Morgan fingerprint density at radius 1 is 0.931 bits per heavy atom. The van der Waals surface area contributed by atoms with Gasteiger partial charge in [-0.15, -0.1) is 21.5 Å². The number of halogens is 2. The third-order valence-electron chi connectivity index (χ3n) is 4.45. The zero-order valence-electron chi connectivity index (χ0n) is 14.8. The number of nitrogens with zero attached hydrogens (tertiary/aromatic N) is 3. The van der Waals surface area contributed by atoms with Gasteiger partial charge in [-0.2, -0.15) is 4.80 Å². The van der Waals surface area contributed by atoms with Crippen molar-refractivity contribution in [2.75, 3.05) is 5.32 Å². The van der Waals surface area contributed by atoms with Gasteiger partial charge in [-0.25, -0.2) is 0 Å². The maximum atomic E-state index is 12.8. The molecule has 0 unspecified atom stereocenters. The molecule has 0 radical (unpaired) electrons. The van der Waals surface area contributed by atoms with Crippen LogP contribution in [0, 0.1) is 0 Å². The van der Waals surface area contributed by atoms with Crippen LogP contribution in [-0.4, -0.2) is 20.9 Å². The maximum Gasteiger partial charge on any atom is 0.267 e. The molecule has 0 bridgehead atoms. The molecule has 5 rings (SSSR count). The molecule has 0 spiro atoms. The predicted molar refractivity (Wildman–Crippen MR) is 119 cm³/mol. The first-order valence-electron chi connectivity index (χ1n) is 8.70. The van der Waals surface area contributed by atoms with Crippen LogP contribution in [0.2, 0.25) is 10.0 Å². The Balaban J connectivity index is 1.50. The number of rotatable bonds is 3. The summed E-state index contributed by atoms with van der Waals surface area (Å²) in [5.41, 5.74) is 2.55. The van der Waals surface area contributed by atoms with Gasteiger partial charge in [-0.3, -0.25) is 4.79 Å². The Kier molecular flexibility index (Phi) is 4.47. The molecule has 0 fully saturated rings. The van der Waals surface area contributed by atoms with Crippen LogP contribution in [0.5, 0.6) is 0 Å². The van der Waals surface area contributed by atoms with Crippen molar-refractivity contribution >= 4 is 67.3 Å². The number of carbonyl (C=O) groups is 1. The molecule has 5 aromatic rings. The van der Waals surface area contributed by atoms with Crippen molar-refractivity contribution in [2.24, 2.45) is 0 Å². The van der Waals surface area contributed by atoms with Gasteiger partial charge in [-0.05, 0) is 30.3 Å². The average molecular weight is 439 g/mol. The van der Waals surface area contributed by atoms with E-state index in [2.05, 4.69) is 15.5 Å². The smallest absolute Gasteiger partial charge is 0.267 e. The molecule has 1 amide bonds. The molecule has 0 aliphatic rings. The van der Waals surface area contributed by atoms with Gasteiger partial charge in [0.1, 0.15) is 15.9 Å². The molecule has 2 aromatic heterocycles. The van der Waals surface area contributed by atoms with Gasteiger partial charge < -0.3 is 5.32 Å². The van der Waals surface area contributed by atoms with E-state index in [1.54, 1.807) is 12.1 Å². The highest BCUT2D eigenvalue weighted by Crippen LogP contribution is 2.36. The van der Waals surface area contributed by atoms with Gasteiger partial charge in [0.2, 0.25) is 0 Å². The summed E-state index contributed by atoms with van der Waals surface area (Å²) in [6.45, 7) is 0. The van der Waals surface area contributed by atoms with Gasteiger partial charge in [0.15, 0.2) is 0 Å². The number of anilines is 1. The van der Waals surface area contributed by atoms with Crippen molar-refractivity contribution in [3.8, 4) is 5.69 Å². The van der Waals surface area contributed by atoms with Gasteiger partial charge >= 0.3 is 0 Å². The first-order valence-corrected chi connectivity index (χ1v) is 10.3. The fourth-order valence-electron chi connectivity index (χ4n) is 3.05. The second kappa shape index (κ2) is 7.15. The van der Waals surface area contributed by atoms with E-state index in [0.717, 1.165) is 15.8 Å². The number of amides is 1. The second-order valence-electron chi connectivity index (χ2n) is 6.34. The van der Waals surface area contributed by atoms with E-state index < -0.39 is 0 Å². The van der Waals surface area contributed by atoms with Crippen LogP contribution in [0.4, 0.5) is 5.69 Å². The lowest BCUT2D eigenvalue weighted by Crippen LogP contribution is -2.11. The molecular formula is C21H12Cl2N4OS. The Morgan fingerprint density at radius 3 is 2.38 bits per heavy atom. The first kappa shape index (κ1) is 18.1. The topological polar surface area (TPSA) is 59.8 Å². The zero-order valence-corrected chi connectivity index (χ0v) is 17.1. The lowest BCUT2D eigenvalue weighted by Gasteiger charge is -2.06. The quantitative estimate of drug-likeness (QED) is 0.365. The van der Waals surface area contributed by atoms with Crippen molar-refractivity contribution < 1.29 is 4.79 Å². The number of thiophene rings is 1. The Hall–Kier alpha value is -2.93. The van der Waals surface area contributed by atoms with E-state index in [1.807, 2.05) is 54.6 Å². The molecule has 2 heterocycles. The van der Waals surface area contributed by atoms with Crippen LogP contribution >= 0.6 is 34.5 Å². The third-order valence-corrected chi connectivity index (χ3v) is 6.43. The van der Waals surface area contributed by atoms with Crippen LogP contribution in [-0.2, 0) is 0 Å². The Labute approximate surface area is 179 Å². The summed E-state index contributed by atoms with van der Waals surface area (Å²) in [7, 11) is 0. The highest BCUT2D eigenvalue weighted by Gasteiger charge is 2.19. The van der Waals surface area contributed by atoms with Gasteiger partial charge in [0.25, 0.3) is 5.91 Å². The highest BCUT2D eigenvalue weighted by atomic mass is 35.5. The average Bonchev–Trinajstić information content (AvgIpc) is 3.30. The monoisotopic (exact) mass is 438 g/mol. The zero-order chi connectivity index (χ0) is 20.0. The Morgan fingerprint density at radius 2 is 1.62 bits per heavy atom. The third kappa shape index (κ3) is 3.25. The van der Waals surface area contributed by atoms with E-state index in [-0.39, 0.29) is 5.91 Å². The molecule has 0 saturated carbocycles. The van der Waals surface area contributed by atoms with E-state index >= 15 is 0 Å². The standard InChI is InChI=1S/C21H12Cl2N4OS/c22-14-10-16-17(26-27(25-16)12-6-2-1-3-7-12)11-15(14)24-21(28)20-19(23)13-8-4-5-9-18(13)29-20/h1-11H,(H,24,28). The molecule has 5 nitrogen and oxygen atoms in total. The van der Waals surface area contributed by atoms with Gasteiger partial charge in [-0.1, -0.05) is 59.6 Å². The SMILES string of the molecule is O=C(Nc1cc2nn(-c3ccccc3)nc2cc1Cl)c1sc2ccccc2c1Cl. The molecule has 29 heavy (non-hydrogen) atoms. The number of aromatic nitrogens is 3. The molecule has 3 aromatic carbocycles. The fraction of sp³-hybridized carbons (Fsp3) is 0. The summed E-state index contributed by atoms with van der Waals surface area (Å²) in [5, 5.41) is 13.5. The van der Waals surface area contributed by atoms with E-state index in [0.29, 0.717) is 31.6 Å². The minimum absolute atomic E-state index is 0.312.